The summed E-state index contributed by atoms with van der Waals surface area (Å²) in [4.78, 5) is 11.5. The minimum atomic E-state index is -0.185. The normalized spacial score (nSPS) is 10.0. The van der Waals surface area contributed by atoms with E-state index in [1.54, 1.807) is 19.2 Å². The van der Waals surface area contributed by atoms with Crippen LogP contribution in [-0.4, -0.2) is 32.8 Å². The molecule has 0 heterocycles. The van der Waals surface area contributed by atoms with Gasteiger partial charge in [0.25, 0.3) is 0 Å². The fourth-order valence-electron chi connectivity index (χ4n) is 1.25. The zero-order valence-corrected chi connectivity index (χ0v) is 9.94. The minimum Gasteiger partial charge on any atom is -0.497 e. The molecule has 1 rings (SSSR count). The van der Waals surface area contributed by atoms with E-state index >= 15 is 0 Å². The van der Waals surface area contributed by atoms with E-state index in [9.17, 15) is 4.79 Å². The molecule has 0 fully saturated rings. The van der Waals surface area contributed by atoms with Crippen molar-refractivity contribution in [2.75, 3.05) is 32.2 Å². The molecule has 0 unspecified atom stereocenters. The topological polar surface area (TPSA) is 73.6 Å². The fourth-order valence-corrected chi connectivity index (χ4v) is 1.25. The second-order valence-corrected chi connectivity index (χ2v) is 3.47. The quantitative estimate of drug-likeness (QED) is 0.695. The summed E-state index contributed by atoms with van der Waals surface area (Å²) in [5, 5.41) is 2.72. The van der Waals surface area contributed by atoms with E-state index in [-0.39, 0.29) is 12.5 Å². The van der Waals surface area contributed by atoms with Gasteiger partial charge in [-0.2, -0.15) is 0 Å². The molecule has 5 heteroatoms. The van der Waals surface area contributed by atoms with Crippen LogP contribution in [0.2, 0.25) is 0 Å². The van der Waals surface area contributed by atoms with E-state index in [1.165, 1.54) is 0 Å². The number of hydrogen-bond acceptors (Lipinski definition) is 4. The summed E-state index contributed by atoms with van der Waals surface area (Å²) in [6.45, 7) is 1.11. The van der Waals surface area contributed by atoms with Gasteiger partial charge in [0.05, 0.1) is 7.11 Å². The van der Waals surface area contributed by atoms with Gasteiger partial charge in [0.1, 0.15) is 12.4 Å². The van der Waals surface area contributed by atoms with Crippen LogP contribution in [0.5, 0.6) is 5.75 Å². The number of methoxy groups -OCH3 is 1. The molecular weight excluding hydrogens is 220 g/mol. The van der Waals surface area contributed by atoms with Crippen molar-refractivity contribution >= 4 is 11.6 Å². The molecule has 94 valence electrons. The van der Waals surface area contributed by atoms with E-state index in [0.29, 0.717) is 24.6 Å². The van der Waals surface area contributed by atoms with Crippen LogP contribution in [0.25, 0.3) is 0 Å². The second kappa shape index (κ2) is 7.65. The lowest BCUT2D eigenvalue weighted by Crippen LogP contribution is -2.19. The van der Waals surface area contributed by atoms with E-state index in [0.717, 1.165) is 6.42 Å². The lowest BCUT2D eigenvalue weighted by molar-refractivity contribution is -0.120. The molecule has 17 heavy (non-hydrogen) atoms. The van der Waals surface area contributed by atoms with Crippen LogP contribution in [0.15, 0.2) is 24.3 Å². The number of hydrogen-bond donors (Lipinski definition) is 2. The molecule has 5 nitrogen and oxygen atoms in total. The van der Waals surface area contributed by atoms with Crippen molar-refractivity contribution in [2.45, 2.75) is 6.42 Å². The summed E-state index contributed by atoms with van der Waals surface area (Å²) in [5.74, 6) is 0.516. The van der Waals surface area contributed by atoms with Gasteiger partial charge >= 0.3 is 0 Å². The van der Waals surface area contributed by atoms with Gasteiger partial charge in [0.15, 0.2) is 0 Å². The van der Waals surface area contributed by atoms with Crippen LogP contribution in [-0.2, 0) is 9.53 Å². The maximum atomic E-state index is 11.5. The molecule has 1 aromatic rings. The summed E-state index contributed by atoms with van der Waals surface area (Å²) in [6, 6.07) is 7.16. The molecule has 1 aromatic carbocycles. The summed E-state index contributed by atoms with van der Waals surface area (Å²) in [6.07, 6.45) is 0.756. The maximum absolute atomic E-state index is 11.5. The van der Waals surface area contributed by atoms with Gasteiger partial charge in [-0.1, -0.05) is 6.07 Å². The lowest BCUT2D eigenvalue weighted by atomic mass is 10.3. The van der Waals surface area contributed by atoms with Crippen LogP contribution in [0.1, 0.15) is 6.42 Å². The van der Waals surface area contributed by atoms with Gasteiger partial charge in [-0.05, 0) is 25.1 Å². The maximum Gasteiger partial charge on any atom is 0.250 e. The SMILES string of the molecule is COc1cccc(NC(=O)COCCCN)c1. The Labute approximate surface area is 101 Å². The zero-order chi connectivity index (χ0) is 12.5. The monoisotopic (exact) mass is 238 g/mol. The summed E-state index contributed by atoms with van der Waals surface area (Å²) >= 11 is 0. The van der Waals surface area contributed by atoms with Crippen molar-refractivity contribution in [2.24, 2.45) is 5.73 Å². The Bertz CT molecular complexity index is 355. The number of ether oxygens (including phenoxy) is 2. The summed E-state index contributed by atoms with van der Waals surface area (Å²) in [5.41, 5.74) is 6.00. The molecule has 0 bridgehead atoms. The first kappa shape index (κ1) is 13.5. The third-order valence-corrected chi connectivity index (χ3v) is 2.08. The van der Waals surface area contributed by atoms with Crippen LogP contribution in [0, 0.1) is 0 Å². The number of carbonyl (C=O) groups excluding carboxylic acids is 1. The zero-order valence-electron chi connectivity index (χ0n) is 9.94. The summed E-state index contributed by atoms with van der Waals surface area (Å²) in [7, 11) is 1.58. The van der Waals surface area contributed by atoms with Crippen molar-refractivity contribution in [1.82, 2.24) is 0 Å². The molecular formula is C12H18N2O3. The Morgan fingerprint density at radius 1 is 1.47 bits per heavy atom. The lowest BCUT2D eigenvalue weighted by Gasteiger charge is -2.07. The first-order valence-electron chi connectivity index (χ1n) is 5.48. The number of nitrogens with two attached hydrogens (primary N) is 1. The Hall–Kier alpha value is -1.59. The van der Waals surface area contributed by atoms with Crippen LogP contribution in [0.4, 0.5) is 5.69 Å². The van der Waals surface area contributed by atoms with Gasteiger partial charge in [-0.3, -0.25) is 4.79 Å². The molecule has 0 aliphatic carbocycles. The third-order valence-electron chi connectivity index (χ3n) is 2.08. The van der Waals surface area contributed by atoms with Crippen molar-refractivity contribution in [1.29, 1.82) is 0 Å². The third kappa shape index (κ3) is 5.33. The molecule has 0 aromatic heterocycles. The van der Waals surface area contributed by atoms with E-state index in [4.69, 9.17) is 15.2 Å². The number of benzene rings is 1. The smallest absolute Gasteiger partial charge is 0.250 e. The predicted molar refractivity (Wildman–Crippen MR) is 66.1 cm³/mol. The highest BCUT2D eigenvalue weighted by atomic mass is 16.5. The largest absolute Gasteiger partial charge is 0.497 e. The minimum absolute atomic E-state index is 0.0389. The Kier molecular flexibility index (Phi) is 6.06. The van der Waals surface area contributed by atoms with Gasteiger partial charge in [0.2, 0.25) is 5.91 Å². The second-order valence-electron chi connectivity index (χ2n) is 3.47. The average Bonchev–Trinajstić information content (AvgIpc) is 2.35. The molecule has 0 atom stereocenters. The van der Waals surface area contributed by atoms with Crippen molar-refractivity contribution in [3.05, 3.63) is 24.3 Å². The molecule has 3 N–H and O–H groups in total. The first-order valence-corrected chi connectivity index (χ1v) is 5.48. The van der Waals surface area contributed by atoms with E-state index < -0.39 is 0 Å². The highest BCUT2D eigenvalue weighted by molar-refractivity contribution is 5.91. The first-order chi connectivity index (χ1) is 8.26. The van der Waals surface area contributed by atoms with Crippen LogP contribution >= 0.6 is 0 Å². The number of nitrogens with one attached hydrogen (secondary N) is 1. The van der Waals surface area contributed by atoms with Gasteiger partial charge in [-0.15, -0.1) is 0 Å². The van der Waals surface area contributed by atoms with Gasteiger partial charge in [-0.25, -0.2) is 0 Å². The number of rotatable bonds is 7. The van der Waals surface area contributed by atoms with Crippen molar-refractivity contribution in [3.63, 3.8) is 0 Å². The van der Waals surface area contributed by atoms with Crippen LogP contribution in [0.3, 0.4) is 0 Å². The number of carbonyl (C=O) groups is 1. The Balaban J connectivity index is 2.34. The molecule has 0 aliphatic rings. The fraction of sp³-hybridized carbons (Fsp3) is 0.417. The summed E-state index contributed by atoms with van der Waals surface area (Å²) < 4.78 is 10.2. The highest BCUT2D eigenvalue weighted by Crippen LogP contribution is 2.16. The van der Waals surface area contributed by atoms with Crippen LogP contribution < -0.4 is 15.8 Å². The molecule has 1 amide bonds. The Morgan fingerprint density at radius 3 is 3.00 bits per heavy atom. The number of amides is 1. The van der Waals surface area contributed by atoms with Crippen molar-refractivity contribution < 1.29 is 14.3 Å². The van der Waals surface area contributed by atoms with E-state index in [1.807, 2.05) is 12.1 Å². The predicted octanol–water partition coefficient (Wildman–Crippen LogP) is 0.999. The number of anilines is 1. The molecule has 0 saturated carbocycles. The van der Waals surface area contributed by atoms with Crippen molar-refractivity contribution in [3.8, 4) is 5.75 Å². The molecule has 0 aliphatic heterocycles. The van der Waals surface area contributed by atoms with Gasteiger partial charge < -0.3 is 20.5 Å². The average molecular weight is 238 g/mol. The van der Waals surface area contributed by atoms with E-state index in [2.05, 4.69) is 5.32 Å². The Morgan fingerprint density at radius 2 is 2.29 bits per heavy atom. The molecule has 0 saturated heterocycles. The van der Waals surface area contributed by atoms with Gasteiger partial charge in [0, 0.05) is 18.4 Å². The molecule has 0 spiro atoms. The highest BCUT2D eigenvalue weighted by Gasteiger charge is 2.02. The molecule has 0 radical (unpaired) electrons. The standard InChI is InChI=1S/C12H18N2O3/c1-16-11-5-2-4-10(8-11)14-12(15)9-17-7-3-6-13/h2,4-5,8H,3,6-7,9,13H2,1H3,(H,14,15).